The molecule has 0 N–H and O–H groups in total. The number of hydrogen-bond acceptors (Lipinski definition) is 3. The van der Waals surface area contributed by atoms with Crippen LogP contribution in [0.15, 0.2) is 30.3 Å². The Labute approximate surface area is 76.2 Å². The van der Waals surface area contributed by atoms with E-state index in [0.29, 0.717) is 12.4 Å². The van der Waals surface area contributed by atoms with E-state index in [4.69, 9.17) is 0 Å². The molecule has 0 spiro atoms. The van der Waals surface area contributed by atoms with Crippen LogP contribution in [0.1, 0.15) is 11.4 Å². The summed E-state index contributed by atoms with van der Waals surface area (Å²) in [6.45, 7) is 4.22. The first-order valence-corrected chi connectivity index (χ1v) is 3.98. The molecule has 1 aromatic carbocycles. The largest absolute Gasteiger partial charge is 0.175 e. The van der Waals surface area contributed by atoms with Crippen LogP contribution in [0.2, 0.25) is 0 Å². The molecular weight excluding hydrogens is 164 g/mol. The summed E-state index contributed by atoms with van der Waals surface area (Å²) >= 11 is 0. The maximum atomic E-state index is 3.99. The van der Waals surface area contributed by atoms with Crippen molar-refractivity contribution in [2.75, 3.05) is 0 Å². The van der Waals surface area contributed by atoms with Gasteiger partial charge in [0.15, 0.2) is 5.82 Å². The summed E-state index contributed by atoms with van der Waals surface area (Å²) in [7, 11) is 0. The van der Waals surface area contributed by atoms with Gasteiger partial charge >= 0.3 is 0 Å². The first-order valence-electron chi connectivity index (χ1n) is 3.98. The molecule has 0 saturated carbocycles. The quantitative estimate of drug-likeness (QED) is 0.677. The normalized spacial score (nSPS) is 10.2. The van der Waals surface area contributed by atoms with Gasteiger partial charge in [0.1, 0.15) is 0 Å². The van der Waals surface area contributed by atoms with Gasteiger partial charge in [-0.25, -0.2) is 0 Å². The molecule has 1 aromatic heterocycles. The average molecular weight is 173 g/mol. The van der Waals surface area contributed by atoms with Crippen molar-refractivity contribution < 1.29 is 0 Å². The molecule has 0 atom stereocenters. The van der Waals surface area contributed by atoms with Gasteiger partial charge in [-0.1, -0.05) is 30.3 Å². The Hall–Kier alpha value is -1.71. The molecule has 1 radical (unpaired) electrons. The van der Waals surface area contributed by atoms with Crippen molar-refractivity contribution in [2.24, 2.45) is 0 Å². The Morgan fingerprint density at radius 3 is 2.62 bits per heavy atom. The lowest BCUT2D eigenvalue weighted by atomic mass is 10.2. The van der Waals surface area contributed by atoms with E-state index in [9.17, 15) is 0 Å². The van der Waals surface area contributed by atoms with Crippen LogP contribution in [0.3, 0.4) is 0 Å². The molecule has 4 nitrogen and oxygen atoms in total. The van der Waals surface area contributed by atoms with E-state index in [1.807, 2.05) is 30.3 Å². The Morgan fingerprint density at radius 1 is 1.23 bits per heavy atom. The van der Waals surface area contributed by atoms with Crippen molar-refractivity contribution in [3.05, 3.63) is 48.6 Å². The highest BCUT2D eigenvalue weighted by molar-refractivity contribution is 5.14. The Balaban J connectivity index is 2.15. The number of hydrogen-bond donors (Lipinski definition) is 0. The lowest BCUT2D eigenvalue weighted by molar-refractivity contribution is 0.572. The molecule has 0 unspecified atom stereocenters. The minimum absolute atomic E-state index is 0.455. The van der Waals surface area contributed by atoms with Crippen LogP contribution in [0.4, 0.5) is 0 Å². The van der Waals surface area contributed by atoms with Gasteiger partial charge in [0, 0.05) is 6.92 Å². The molecule has 4 heteroatoms. The molecule has 0 saturated heterocycles. The van der Waals surface area contributed by atoms with Crippen LogP contribution in [-0.2, 0) is 6.54 Å². The summed E-state index contributed by atoms with van der Waals surface area (Å²) in [5.41, 5.74) is 1.15. The third-order valence-corrected chi connectivity index (χ3v) is 1.66. The van der Waals surface area contributed by atoms with Crippen molar-refractivity contribution >= 4 is 0 Å². The van der Waals surface area contributed by atoms with Gasteiger partial charge in [-0.3, -0.25) is 0 Å². The molecule has 13 heavy (non-hydrogen) atoms. The zero-order chi connectivity index (χ0) is 9.10. The first kappa shape index (κ1) is 7.91. The smallest absolute Gasteiger partial charge is 0.160 e. The summed E-state index contributed by atoms with van der Waals surface area (Å²) in [4.78, 5) is 1.53. The van der Waals surface area contributed by atoms with Crippen LogP contribution in [0.5, 0.6) is 0 Å². The summed E-state index contributed by atoms with van der Waals surface area (Å²) in [5, 5.41) is 11.5. The van der Waals surface area contributed by atoms with Crippen LogP contribution >= 0.6 is 0 Å². The second-order valence-corrected chi connectivity index (χ2v) is 2.72. The first-order chi connectivity index (χ1) is 6.34. The van der Waals surface area contributed by atoms with Gasteiger partial charge in [-0.15, -0.1) is 10.2 Å². The van der Waals surface area contributed by atoms with Gasteiger partial charge in [0.2, 0.25) is 0 Å². The molecule has 2 rings (SSSR count). The number of benzene rings is 1. The van der Waals surface area contributed by atoms with Gasteiger partial charge < -0.3 is 0 Å². The molecule has 65 valence electrons. The fraction of sp³-hybridized carbons (Fsp3) is 0.111. The highest BCUT2D eigenvalue weighted by Crippen LogP contribution is 1.99. The standard InChI is InChI=1S/C9H9N4/c1-8-10-12-13(11-8)7-9-5-3-2-4-6-9/h2-6H,1,7H2. The Morgan fingerprint density at radius 2 is 2.00 bits per heavy atom. The lowest BCUT2D eigenvalue weighted by Gasteiger charge is -1.97. The molecule has 2 aromatic rings. The number of rotatable bonds is 2. The van der Waals surface area contributed by atoms with E-state index in [2.05, 4.69) is 22.3 Å². The molecule has 0 aliphatic heterocycles. The average Bonchev–Trinajstić information content (AvgIpc) is 2.53. The van der Waals surface area contributed by atoms with Crippen LogP contribution in [0, 0.1) is 6.92 Å². The van der Waals surface area contributed by atoms with Crippen molar-refractivity contribution in [1.82, 2.24) is 20.2 Å². The number of aromatic nitrogens is 4. The molecule has 0 aliphatic carbocycles. The van der Waals surface area contributed by atoms with Crippen molar-refractivity contribution in [1.29, 1.82) is 0 Å². The SMILES string of the molecule is [CH2]c1nnn(Cc2ccccc2)n1. The van der Waals surface area contributed by atoms with Crippen molar-refractivity contribution in [2.45, 2.75) is 6.54 Å². The van der Waals surface area contributed by atoms with Crippen LogP contribution < -0.4 is 0 Å². The minimum Gasteiger partial charge on any atom is -0.160 e. The molecule has 0 aliphatic rings. The topological polar surface area (TPSA) is 43.6 Å². The van der Waals surface area contributed by atoms with Crippen LogP contribution in [0.25, 0.3) is 0 Å². The summed E-state index contributed by atoms with van der Waals surface area (Å²) in [6, 6.07) is 9.98. The summed E-state index contributed by atoms with van der Waals surface area (Å²) in [6.07, 6.45) is 0. The van der Waals surface area contributed by atoms with E-state index in [1.165, 1.54) is 4.80 Å². The minimum atomic E-state index is 0.455. The molecule has 0 amide bonds. The fourth-order valence-corrected chi connectivity index (χ4v) is 1.09. The second kappa shape index (κ2) is 3.35. The monoisotopic (exact) mass is 173 g/mol. The van der Waals surface area contributed by atoms with Gasteiger partial charge in [0.05, 0.1) is 6.54 Å². The molecular formula is C9H9N4. The van der Waals surface area contributed by atoms with E-state index in [1.54, 1.807) is 0 Å². The van der Waals surface area contributed by atoms with Crippen LogP contribution in [-0.4, -0.2) is 20.2 Å². The van der Waals surface area contributed by atoms with E-state index < -0.39 is 0 Å². The molecule has 0 bridgehead atoms. The number of tetrazole rings is 1. The summed E-state index contributed by atoms with van der Waals surface area (Å²) < 4.78 is 0. The highest BCUT2D eigenvalue weighted by atomic mass is 15.6. The maximum Gasteiger partial charge on any atom is 0.175 e. The predicted molar refractivity (Wildman–Crippen MR) is 47.8 cm³/mol. The van der Waals surface area contributed by atoms with E-state index >= 15 is 0 Å². The molecule has 1 heterocycles. The second-order valence-electron chi connectivity index (χ2n) is 2.72. The zero-order valence-corrected chi connectivity index (χ0v) is 7.09. The summed E-state index contributed by atoms with van der Waals surface area (Å²) in [5.74, 6) is 0.455. The van der Waals surface area contributed by atoms with Gasteiger partial charge in [-0.05, 0) is 10.8 Å². The van der Waals surface area contributed by atoms with Gasteiger partial charge in [-0.2, -0.15) is 4.80 Å². The van der Waals surface area contributed by atoms with Crippen molar-refractivity contribution in [3.8, 4) is 0 Å². The Bertz CT molecular complexity index is 380. The van der Waals surface area contributed by atoms with Crippen molar-refractivity contribution in [3.63, 3.8) is 0 Å². The maximum absolute atomic E-state index is 3.99. The third-order valence-electron chi connectivity index (χ3n) is 1.66. The van der Waals surface area contributed by atoms with Gasteiger partial charge in [0.25, 0.3) is 0 Å². The Kier molecular flexibility index (Phi) is 2.04. The van der Waals surface area contributed by atoms with E-state index in [0.717, 1.165) is 5.56 Å². The van der Waals surface area contributed by atoms with E-state index in [-0.39, 0.29) is 0 Å². The lowest BCUT2D eigenvalue weighted by Crippen LogP contribution is -2.03. The third kappa shape index (κ3) is 1.90. The predicted octanol–water partition coefficient (Wildman–Crippen LogP) is 0.904. The highest BCUT2D eigenvalue weighted by Gasteiger charge is 1.97. The number of nitrogens with zero attached hydrogens (tertiary/aromatic N) is 4. The fourth-order valence-electron chi connectivity index (χ4n) is 1.09. The molecule has 0 fully saturated rings. The zero-order valence-electron chi connectivity index (χ0n) is 7.09.